The minimum Gasteiger partial charge on any atom is -0.494 e. The monoisotopic (exact) mass is 192 g/mol. The van der Waals surface area contributed by atoms with Gasteiger partial charge in [-0.15, -0.1) is 0 Å². The van der Waals surface area contributed by atoms with Gasteiger partial charge in [0.25, 0.3) is 0 Å². The van der Waals surface area contributed by atoms with Crippen LogP contribution in [0.2, 0.25) is 0 Å². The zero-order valence-corrected chi connectivity index (χ0v) is 8.91. The summed E-state index contributed by atoms with van der Waals surface area (Å²) in [4.78, 5) is 11.2. The molecular formula is C12H16O2. The van der Waals surface area contributed by atoms with Crippen LogP contribution in [-0.4, -0.2) is 12.4 Å². The predicted octanol–water partition coefficient (Wildman–Crippen LogP) is 2.78. The van der Waals surface area contributed by atoms with Crippen LogP contribution in [0.4, 0.5) is 0 Å². The molecule has 0 N–H and O–H groups in total. The average Bonchev–Trinajstić information content (AvgIpc) is 2.17. The number of hydrogen-bond donors (Lipinski definition) is 0. The third-order valence-electron chi connectivity index (χ3n) is 2.28. The molecule has 0 aliphatic heterocycles. The van der Waals surface area contributed by atoms with E-state index >= 15 is 0 Å². The summed E-state index contributed by atoms with van der Waals surface area (Å²) in [7, 11) is 0. The first-order valence-electron chi connectivity index (χ1n) is 4.88. The van der Waals surface area contributed by atoms with E-state index in [4.69, 9.17) is 4.74 Å². The van der Waals surface area contributed by atoms with Crippen LogP contribution in [-0.2, 0) is 4.79 Å². The number of ether oxygens (including phenoxy) is 1. The van der Waals surface area contributed by atoms with Crippen molar-refractivity contribution in [2.75, 3.05) is 6.61 Å². The Labute approximate surface area is 84.9 Å². The Morgan fingerprint density at radius 3 is 2.79 bits per heavy atom. The number of carbonyl (C=O) groups is 1. The van der Waals surface area contributed by atoms with Gasteiger partial charge in [0.1, 0.15) is 11.5 Å². The summed E-state index contributed by atoms with van der Waals surface area (Å²) in [5, 5.41) is 0. The van der Waals surface area contributed by atoms with Gasteiger partial charge in [-0.25, -0.2) is 0 Å². The van der Waals surface area contributed by atoms with E-state index in [9.17, 15) is 4.79 Å². The summed E-state index contributed by atoms with van der Waals surface area (Å²) in [5.74, 6) is 0.965. The molecule has 0 radical (unpaired) electrons. The first kappa shape index (κ1) is 10.8. The molecule has 0 aromatic heterocycles. The molecule has 1 unspecified atom stereocenters. The van der Waals surface area contributed by atoms with E-state index in [1.807, 2.05) is 38.1 Å². The summed E-state index contributed by atoms with van der Waals surface area (Å²) in [6.07, 6.45) is 0. The maximum absolute atomic E-state index is 11.2. The van der Waals surface area contributed by atoms with Crippen LogP contribution in [0.1, 0.15) is 32.3 Å². The van der Waals surface area contributed by atoms with E-state index in [0.29, 0.717) is 6.61 Å². The minimum atomic E-state index is -0.0459. The fraction of sp³-hybridized carbons (Fsp3) is 0.417. The Kier molecular flexibility index (Phi) is 3.69. The fourth-order valence-corrected chi connectivity index (χ4v) is 1.28. The van der Waals surface area contributed by atoms with Gasteiger partial charge in [0, 0.05) is 5.92 Å². The lowest BCUT2D eigenvalue weighted by molar-refractivity contribution is -0.118. The second-order valence-electron chi connectivity index (χ2n) is 3.34. The summed E-state index contributed by atoms with van der Waals surface area (Å²) in [5.41, 5.74) is 1.02. The molecule has 2 nitrogen and oxygen atoms in total. The zero-order valence-electron chi connectivity index (χ0n) is 8.91. The van der Waals surface area contributed by atoms with Crippen LogP contribution in [0.25, 0.3) is 0 Å². The lowest BCUT2D eigenvalue weighted by Crippen LogP contribution is -2.04. The highest BCUT2D eigenvalue weighted by Gasteiger charge is 2.10. The van der Waals surface area contributed by atoms with Crippen molar-refractivity contribution in [1.29, 1.82) is 0 Å². The summed E-state index contributed by atoms with van der Waals surface area (Å²) < 4.78 is 5.37. The molecule has 0 heterocycles. The van der Waals surface area contributed by atoms with Crippen LogP contribution < -0.4 is 4.74 Å². The molecule has 1 aromatic rings. The highest BCUT2D eigenvalue weighted by Crippen LogP contribution is 2.21. The molecule has 0 aliphatic rings. The Balaban J connectivity index is 2.87. The second kappa shape index (κ2) is 4.80. The smallest absolute Gasteiger partial charge is 0.136 e. The number of Topliss-reactive ketones (excluding diaryl/α,β-unsaturated/α-hetero) is 1. The van der Waals surface area contributed by atoms with E-state index in [0.717, 1.165) is 11.3 Å². The molecule has 14 heavy (non-hydrogen) atoms. The van der Waals surface area contributed by atoms with Crippen molar-refractivity contribution in [2.24, 2.45) is 0 Å². The quantitative estimate of drug-likeness (QED) is 0.733. The molecule has 0 amide bonds. The first-order chi connectivity index (χ1) is 6.65. The Bertz CT molecular complexity index is 318. The van der Waals surface area contributed by atoms with Gasteiger partial charge >= 0.3 is 0 Å². The van der Waals surface area contributed by atoms with Gasteiger partial charge in [-0.1, -0.05) is 19.1 Å². The molecule has 0 saturated heterocycles. The van der Waals surface area contributed by atoms with Gasteiger partial charge in [0.05, 0.1) is 6.61 Å². The topological polar surface area (TPSA) is 26.3 Å². The van der Waals surface area contributed by atoms with Crippen LogP contribution in [0.3, 0.4) is 0 Å². The number of benzene rings is 1. The standard InChI is InChI=1S/C12H16O2/c1-4-14-12-7-5-6-11(8-12)9(2)10(3)13/h5-9H,4H2,1-3H3. The fourth-order valence-electron chi connectivity index (χ4n) is 1.28. The molecule has 0 fully saturated rings. The average molecular weight is 192 g/mol. The van der Waals surface area contributed by atoms with Gasteiger partial charge in [0.15, 0.2) is 0 Å². The van der Waals surface area contributed by atoms with E-state index in [-0.39, 0.29) is 11.7 Å². The summed E-state index contributed by atoms with van der Waals surface area (Å²) in [6, 6.07) is 7.70. The van der Waals surface area contributed by atoms with Gasteiger partial charge < -0.3 is 4.74 Å². The molecule has 0 aliphatic carbocycles. The number of rotatable bonds is 4. The molecule has 2 heteroatoms. The summed E-state index contributed by atoms with van der Waals surface area (Å²) >= 11 is 0. The number of ketones is 1. The molecular weight excluding hydrogens is 176 g/mol. The van der Waals surface area contributed by atoms with Crippen molar-refractivity contribution in [3.05, 3.63) is 29.8 Å². The molecule has 1 atom stereocenters. The van der Waals surface area contributed by atoms with E-state index in [2.05, 4.69) is 0 Å². The van der Waals surface area contributed by atoms with E-state index in [1.54, 1.807) is 6.92 Å². The van der Waals surface area contributed by atoms with Gasteiger partial charge in [-0.2, -0.15) is 0 Å². The maximum Gasteiger partial charge on any atom is 0.136 e. The highest BCUT2D eigenvalue weighted by molar-refractivity contribution is 5.82. The third-order valence-corrected chi connectivity index (χ3v) is 2.28. The molecule has 76 valence electrons. The van der Waals surface area contributed by atoms with Crippen LogP contribution in [0.15, 0.2) is 24.3 Å². The molecule has 0 saturated carbocycles. The van der Waals surface area contributed by atoms with Gasteiger partial charge in [0.2, 0.25) is 0 Å². The van der Waals surface area contributed by atoms with Gasteiger partial charge in [-0.05, 0) is 31.5 Å². The van der Waals surface area contributed by atoms with Crippen molar-refractivity contribution in [3.63, 3.8) is 0 Å². The zero-order chi connectivity index (χ0) is 10.6. The Hall–Kier alpha value is -1.31. The SMILES string of the molecule is CCOc1cccc(C(C)C(C)=O)c1. The molecule has 0 spiro atoms. The highest BCUT2D eigenvalue weighted by atomic mass is 16.5. The number of hydrogen-bond acceptors (Lipinski definition) is 2. The summed E-state index contributed by atoms with van der Waals surface area (Å²) in [6.45, 7) is 6.12. The normalized spacial score (nSPS) is 12.2. The number of carbonyl (C=O) groups excluding carboxylic acids is 1. The van der Waals surface area contributed by atoms with Crippen molar-refractivity contribution < 1.29 is 9.53 Å². The predicted molar refractivity (Wildman–Crippen MR) is 56.7 cm³/mol. The van der Waals surface area contributed by atoms with Crippen LogP contribution >= 0.6 is 0 Å². The van der Waals surface area contributed by atoms with Crippen molar-refractivity contribution in [3.8, 4) is 5.75 Å². The second-order valence-corrected chi connectivity index (χ2v) is 3.34. The van der Waals surface area contributed by atoms with Crippen molar-refractivity contribution >= 4 is 5.78 Å². The van der Waals surface area contributed by atoms with Crippen LogP contribution in [0.5, 0.6) is 5.75 Å². The Morgan fingerprint density at radius 2 is 2.21 bits per heavy atom. The third kappa shape index (κ3) is 2.59. The van der Waals surface area contributed by atoms with Crippen LogP contribution in [0, 0.1) is 0 Å². The molecule has 1 aromatic carbocycles. The first-order valence-corrected chi connectivity index (χ1v) is 4.88. The van der Waals surface area contributed by atoms with Crippen molar-refractivity contribution in [2.45, 2.75) is 26.7 Å². The largest absolute Gasteiger partial charge is 0.494 e. The van der Waals surface area contributed by atoms with E-state index < -0.39 is 0 Å². The lowest BCUT2D eigenvalue weighted by atomic mass is 9.98. The van der Waals surface area contributed by atoms with Gasteiger partial charge in [-0.3, -0.25) is 4.79 Å². The lowest BCUT2D eigenvalue weighted by Gasteiger charge is -2.09. The maximum atomic E-state index is 11.2. The van der Waals surface area contributed by atoms with E-state index in [1.165, 1.54) is 0 Å². The minimum absolute atomic E-state index is 0.0459. The molecule has 0 bridgehead atoms. The molecule has 1 rings (SSSR count). The Morgan fingerprint density at radius 1 is 1.50 bits per heavy atom. The van der Waals surface area contributed by atoms with Crippen molar-refractivity contribution in [1.82, 2.24) is 0 Å².